The van der Waals surface area contributed by atoms with E-state index in [2.05, 4.69) is 57.4 Å². The average Bonchev–Trinajstić information content (AvgIpc) is 2.29. The predicted octanol–water partition coefficient (Wildman–Crippen LogP) is 2.84. The van der Waals surface area contributed by atoms with Crippen LogP contribution in [-0.4, -0.2) is 9.55 Å². The van der Waals surface area contributed by atoms with Crippen molar-refractivity contribution in [2.45, 2.75) is 46.0 Å². The number of imidazole rings is 1. The molecule has 1 rings (SSSR count). The Morgan fingerprint density at radius 3 is 2.08 bits per heavy atom. The van der Waals surface area contributed by atoms with E-state index in [0.717, 1.165) is 0 Å². The van der Waals surface area contributed by atoms with Crippen molar-refractivity contribution >= 4 is 0 Å². The summed E-state index contributed by atoms with van der Waals surface area (Å²) < 4.78 is 2.13. The summed E-state index contributed by atoms with van der Waals surface area (Å²) in [7, 11) is 2.07. The number of nitrogens with zero attached hydrogens (tertiary/aromatic N) is 2. The van der Waals surface area contributed by atoms with Crippen molar-refractivity contribution < 1.29 is 0 Å². The molecule has 0 aromatic carbocycles. The lowest BCUT2D eigenvalue weighted by Gasteiger charge is -2.14. The Morgan fingerprint density at radius 2 is 1.85 bits per heavy atom. The van der Waals surface area contributed by atoms with E-state index in [-0.39, 0.29) is 5.41 Å². The second-order valence-electron chi connectivity index (χ2n) is 5.00. The summed E-state index contributed by atoms with van der Waals surface area (Å²) in [4.78, 5) is 4.64. The highest BCUT2D eigenvalue weighted by Crippen LogP contribution is 2.23. The van der Waals surface area contributed by atoms with Crippen molar-refractivity contribution in [3.8, 4) is 0 Å². The molecular weight excluding hydrogens is 160 g/mol. The Balaban J connectivity index is 3.10. The van der Waals surface area contributed by atoms with Crippen LogP contribution in [-0.2, 0) is 12.5 Å². The van der Waals surface area contributed by atoms with Crippen molar-refractivity contribution in [2.75, 3.05) is 0 Å². The van der Waals surface area contributed by atoms with E-state index in [0.29, 0.717) is 5.92 Å². The molecule has 0 amide bonds. The van der Waals surface area contributed by atoms with Crippen molar-refractivity contribution in [3.05, 3.63) is 17.7 Å². The number of rotatable bonds is 1. The molecule has 1 aromatic heterocycles. The third-order valence-corrected chi connectivity index (χ3v) is 2.20. The molecule has 1 aromatic rings. The first-order chi connectivity index (χ1) is 5.82. The highest BCUT2D eigenvalue weighted by atomic mass is 15.1. The first-order valence-corrected chi connectivity index (χ1v) is 4.86. The van der Waals surface area contributed by atoms with Crippen molar-refractivity contribution in [1.82, 2.24) is 9.55 Å². The number of aromatic nitrogens is 2. The molecular formula is C11H20N2. The van der Waals surface area contributed by atoms with Gasteiger partial charge in [0.25, 0.3) is 0 Å². The summed E-state index contributed by atoms with van der Waals surface area (Å²) >= 11 is 0. The smallest absolute Gasteiger partial charge is 0.111 e. The molecule has 13 heavy (non-hydrogen) atoms. The van der Waals surface area contributed by atoms with E-state index < -0.39 is 0 Å². The van der Waals surface area contributed by atoms with Gasteiger partial charge in [0.05, 0.1) is 5.69 Å². The summed E-state index contributed by atoms with van der Waals surface area (Å²) in [5, 5.41) is 0. The van der Waals surface area contributed by atoms with Gasteiger partial charge in [-0.15, -0.1) is 0 Å². The van der Waals surface area contributed by atoms with Gasteiger partial charge in [-0.25, -0.2) is 4.98 Å². The Bertz CT molecular complexity index is 290. The van der Waals surface area contributed by atoms with Crippen LogP contribution in [0.25, 0.3) is 0 Å². The third kappa shape index (κ3) is 2.11. The summed E-state index contributed by atoms with van der Waals surface area (Å²) in [5.74, 6) is 1.67. The van der Waals surface area contributed by atoms with Crippen LogP contribution in [0.1, 0.15) is 52.1 Å². The Morgan fingerprint density at radius 1 is 1.31 bits per heavy atom. The fourth-order valence-corrected chi connectivity index (χ4v) is 1.38. The molecule has 74 valence electrons. The van der Waals surface area contributed by atoms with Gasteiger partial charge in [-0.3, -0.25) is 0 Å². The van der Waals surface area contributed by atoms with Crippen LogP contribution in [0.5, 0.6) is 0 Å². The molecule has 0 radical (unpaired) electrons. The first kappa shape index (κ1) is 10.3. The van der Waals surface area contributed by atoms with E-state index in [1.165, 1.54) is 11.5 Å². The maximum atomic E-state index is 4.64. The monoisotopic (exact) mass is 180 g/mol. The molecule has 0 atom stereocenters. The summed E-state index contributed by atoms with van der Waals surface area (Å²) in [6.07, 6.45) is 2.13. The minimum atomic E-state index is 0.158. The van der Waals surface area contributed by atoms with E-state index in [9.17, 15) is 0 Å². The number of hydrogen-bond acceptors (Lipinski definition) is 1. The van der Waals surface area contributed by atoms with Crippen LogP contribution in [0.3, 0.4) is 0 Å². The van der Waals surface area contributed by atoms with Crippen molar-refractivity contribution in [2.24, 2.45) is 7.05 Å². The highest BCUT2D eigenvalue weighted by molar-refractivity contribution is 5.14. The van der Waals surface area contributed by atoms with Gasteiger partial charge in [0.1, 0.15) is 5.82 Å². The molecule has 1 heterocycles. The zero-order chi connectivity index (χ0) is 10.2. The van der Waals surface area contributed by atoms with Gasteiger partial charge < -0.3 is 4.57 Å². The average molecular weight is 180 g/mol. The molecule has 0 unspecified atom stereocenters. The Hall–Kier alpha value is -0.790. The van der Waals surface area contributed by atoms with Crippen molar-refractivity contribution in [1.29, 1.82) is 0 Å². The molecule has 0 aliphatic heterocycles. The van der Waals surface area contributed by atoms with E-state index in [1.807, 2.05) is 0 Å². The lowest BCUT2D eigenvalue weighted by atomic mass is 9.93. The minimum Gasteiger partial charge on any atom is -0.337 e. The van der Waals surface area contributed by atoms with Crippen LogP contribution in [0, 0.1) is 0 Å². The molecule has 0 fully saturated rings. The van der Waals surface area contributed by atoms with E-state index >= 15 is 0 Å². The Labute approximate surface area is 81.0 Å². The van der Waals surface area contributed by atoms with Gasteiger partial charge in [-0.05, 0) is 0 Å². The highest BCUT2D eigenvalue weighted by Gasteiger charge is 2.19. The van der Waals surface area contributed by atoms with Gasteiger partial charge in [-0.1, -0.05) is 34.6 Å². The molecule has 0 N–H and O–H groups in total. The van der Waals surface area contributed by atoms with E-state index in [4.69, 9.17) is 0 Å². The van der Waals surface area contributed by atoms with Crippen molar-refractivity contribution in [3.63, 3.8) is 0 Å². The second-order valence-corrected chi connectivity index (χ2v) is 5.00. The lowest BCUT2D eigenvalue weighted by molar-refractivity contribution is 0.569. The lowest BCUT2D eigenvalue weighted by Crippen LogP contribution is -2.11. The maximum Gasteiger partial charge on any atom is 0.111 e. The Kier molecular flexibility index (Phi) is 2.51. The van der Waals surface area contributed by atoms with Gasteiger partial charge >= 0.3 is 0 Å². The molecule has 0 saturated carbocycles. The van der Waals surface area contributed by atoms with Gasteiger partial charge in [0.2, 0.25) is 0 Å². The summed E-state index contributed by atoms with van der Waals surface area (Å²) in [6.45, 7) is 10.9. The predicted molar refractivity (Wildman–Crippen MR) is 56.0 cm³/mol. The molecule has 0 bridgehead atoms. The fourth-order valence-electron chi connectivity index (χ4n) is 1.38. The van der Waals surface area contributed by atoms with Crippen LogP contribution in [0.2, 0.25) is 0 Å². The van der Waals surface area contributed by atoms with Crippen LogP contribution >= 0.6 is 0 Å². The van der Waals surface area contributed by atoms with Crippen LogP contribution in [0.15, 0.2) is 6.20 Å². The van der Waals surface area contributed by atoms with E-state index in [1.54, 1.807) is 0 Å². The van der Waals surface area contributed by atoms with Crippen LogP contribution in [0.4, 0.5) is 0 Å². The molecule has 0 saturated heterocycles. The maximum absolute atomic E-state index is 4.64. The third-order valence-electron chi connectivity index (χ3n) is 2.20. The van der Waals surface area contributed by atoms with Crippen LogP contribution < -0.4 is 0 Å². The normalized spacial score (nSPS) is 12.5. The zero-order valence-electron chi connectivity index (χ0n) is 9.55. The SMILES string of the molecule is CC(C)c1nc(C(C)(C)C)cn1C. The minimum absolute atomic E-state index is 0.158. The molecule has 0 aliphatic carbocycles. The topological polar surface area (TPSA) is 17.8 Å². The molecule has 0 spiro atoms. The quantitative estimate of drug-likeness (QED) is 0.650. The first-order valence-electron chi connectivity index (χ1n) is 4.86. The summed E-state index contributed by atoms with van der Waals surface area (Å²) in [5.41, 5.74) is 1.34. The summed E-state index contributed by atoms with van der Waals surface area (Å²) in [6, 6.07) is 0. The number of hydrogen-bond donors (Lipinski definition) is 0. The van der Waals surface area contributed by atoms with Gasteiger partial charge in [-0.2, -0.15) is 0 Å². The molecule has 0 aliphatic rings. The number of aryl methyl sites for hydroxylation is 1. The second kappa shape index (κ2) is 3.17. The van der Waals surface area contributed by atoms with Gasteiger partial charge in [0.15, 0.2) is 0 Å². The van der Waals surface area contributed by atoms with Gasteiger partial charge in [0, 0.05) is 24.6 Å². The molecule has 2 nitrogen and oxygen atoms in total. The fraction of sp³-hybridized carbons (Fsp3) is 0.727. The largest absolute Gasteiger partial charge is 0.337 e. The standard InChI is InChI=1S/C11H20N2/c1-8(2)10-12-9(7-13(10)6)11(3,4)5/h7-8H,1-6H3. The zero-order valence-corrected chi connectivity index (χ0v) is 9.55. The molecule has 2 heteroatoms.